The first-order valence-electron chi connectivity index (χ1n) is 5.29. The lowest BCUT2D eigenvalue weighted by molar-refractivity contribution is 0.0820. The van der Waals surface area contributed by atoms with Crippen LogP contribution in [0.2, 0.25) is 5.02 Å². The van der Waals surface area contributed by atoms with Crippen LogP contribution in [0, 0.1) is 0 Å². The largest absolute Gasteiger partial charge is 0.388 e. The second kappa shape index (κ2) is 5.30. The molecule has 2 rings (SSSR count). The average molecular weight is 247 g/mol. The third-order valence-electron chi connectivity index (χ3n) is 2.70. The molecule has 15 heavy (non-hydrogen) atoms. The second-order valence-corrected chi connectivity index (χ2v) is 5.27. The predicted octanol–water partition coefficient (Wildman–Crippen LogP) is 3.39. The van der Waals surface area contributed by atoms with Crippen molar-refractivity contribution in [2.75, 3.05) is 6.61 Å². The number of hydrogen-bond acceptors (Lipinski definition) is 3. The summed E-state index contributed by atoms with van der Waals surface area (Å²) < 4.78 is 5.51. The van der Waals surface area contributed by atoms with E-state index in [1.165, 1.54) is 11.3 Å². The SMILES string of the molecule is OC(CCC1CCCO1)c1cc(Cl)cs1. The zero-order chi connectivity index (χ0) is 10.7. The molecule has 0 saturated carbocycles. The Labute approximate surface area is 98.8 Å². The summed E-state index contributed by atoms with van der Waals surface area (Å²) in [7, 11) is 0. The topological polar surface area (TPSA) is 29.5 Å². The molecule has 4 heteroatoms. The molecule has 2 atom stereocenters. The maximum Gasteiger partial charge on any atom is 0.0883 e. The Bertz CT molecular complexity index is 307. The molecule has 0 aliphatic carbocycles. The lowest BCUT2D eigenvalue weighted by Crippen LogP contribution is -2.07. The van der Waals surface area contributed by atoms with Gasteiger partial charge in [-0.2, -0.15) is 0 Å². The van der Waals surface area contributed by atoms with E-state index in [0.717, 1.165) is 37.2 Å². The van der Waals surface area contributed by atoms with Gasteiger partial charge in [0.25, 0.3) is 0 Å². The van der Waals surface area contributed by atoms with E-state index in [1.54, 1.807) is 0 Å². The van der Waals surface area contributed by atoms with Crippen LogP contribution in [0.25, 0.3) is 0 Å². The Kier molecular flexibility index (Phi) is 4.03. The van der Waals surface area contributed by atoms with E-state index in [1.807, 2.05) is 11.4 Å². The molecule has 0 spiro atoms. The molecule has 0 radical (unpaired) electrons. The molecule has 84 valence electrons. The lowest BCUT2D eigenvalue weighted by atomic mass is 10.1. The summed E-state index contributed by atoms with van der Waals surface area (Å²) >= 11 is 7.32. The van der Waals surface area contributed by atoms with E-state index in [2.05, 4.69) is 0 Å². The first-order valence-corrected chi connectivity index (χ1v) is 6.55. The molecular weight excluding hydrogens is 232 g/mol. The van der Waals surface area contributed by atoms with Crippen molar-refractivity contribution in [3.8, 4) is 0 Å². The molecular formula is C11H15ClO2S. The van der Waals surface area contributed by atoms with Crippen LogP contribution < -0.4 is 0 Å². The minimum atomic E-state index is -0.383. The van der Waals surface area contributed by atoms with Crippen molar-refractivity contribution in [2.45, 2.75) is 37.9 Å². The van der Waals surface area contributed by atoms with Crippen LogP contribution in [0.3, 0.4) is 0 Å². The number of thiophene rings is 1. The molecule has 2 heterocycles. The van der Waals surface area contributed by atoms with E-state index in [-0.39, 0.29) is 6.10 Å². The standard InChI is InChI=1S/C11H15ClO2S/c12-8-6-11(15-7-8)10(13)4-3-9-2-1-5-14-9/h6-7,9-10,13H,1-5H2. The van der Waals surface area contributed by atoms with Gasteiger partial charge >= 0.3 is 0 Å². The highest BCUT2D eigenvalue weighted by molar-refractivity contribution is 7.10. The Balaban J connectivity index is 1.79. The number of ether oxygens (including phenoxy) is 1. The molecule has 0 aromatic carbocycles. The zero-order valence-electron chi connectivity index (χ0n) is 8.49. The van der Waals surface area contributed by atoms with Crippen LogP contribution in [0.4, 0.5) is 0 Å². The van der Waals surface area contributed by atoms with Crippen LogP contribution in [0.15, 0.2) is 11.4 Å². The second-order valence-electron chi connectivity index (χ2n) is 3.90. The fourth-order valence-corrected chi connectivity index (χ4v) is 2.96. The first kappa shape index (κ1) is 11.4. The number of aliphatic hydroxyl groups is 1. The Morgan fingerprint density at radius 1 is 1.67 bits per heavy atom. The Hall–Kier alpha value is -0.0900. The molecule has 1 aromatic rings. The predicted molar refractivity (Wildman–Crippen MR) is 62.5 cm³/mol. The number of hydrogen-bond donors (Lipinski definition) is 1. The Morgan fingerprint density at radius 3 is 3.13 bits per heavy atom. The van der Waals surface area contributed by atoms with Gasteiger partial charge in [0.2, 0.25) is 0 Å². The third-order valence-corrected chi connectivity index (χ3v) is 4.08. The highest BCUT2D eigenvalue weighted by Crippen LogP contribution is 2.29. The van der Waals surface area contributed by atoms with E-state index in [9.17, 15) is 5.11 Å². The van der Waals surface area contributed by atoms with Gasteiger partial charge in [-0.25, -0.2) is 0 Å². The van der Waals surface area contributed by atoms with Gasteiger partial charge < -0.3 is 9.84 Å². The van der Waals surface area contributed by atoms with Gasteiger partial charge in [0.05, 0.1) is 17.2 Å². The molecule has 2 nitrogen and oxygen atoms in total. The van der Waals surface area contributed by atoms with Gasteiger partial charge in [-0.05, 0) is 31.7 Å². The van der Waals surface area contributed by atoms with Crippen molar-refractivity contribution in [1.82, 2.24) is 0 Å². The smallest absolute Gasteiger partial charge is 0.0883 e. The quantitative estimate of drug-likeness (QED) is 0.883. The van der Waals surface area contributed by atoms with E-state index in [4.69, 9.17) is 16.3 Å². The van der Waals surface area contributed by atoms with Crippen molar-refractivity contribution in [3.63, 3.8) is 0 Å². The lowest BCUT2D eigenvalue weighted by Gasteiger charge is -2.12. The van der Waals surface area contributed by atoms with Gasteiger partial charge in [0.15, 0.2) is 0 Å². The molecule has 0 amide bonds. The van der Waals surface area contributed by atoms with Crippen molar-refractivity contribution in [1.29, 1.82) is 0 Å². The minimum Gasteiger partial charge on any atom is -0.388 e. The van der Waals surface area contributed by atoms with Crippen LogP contribution >= 0.6 is 22.9 Å². The maximum atomic E-state index is 9.89. The summed E-state index contributed by atoms with van der Waals surface area (Å²) in [5, 5.41) is 12.5. The van der Waals surface area contributed by atoms with Crippen molar-refractivity contribution in [3.05, 3.63) is 21.3 Å². The van der Waals surface area contributed by atoms with E-state index in [0.29, 0.717) is 11.1 Å². The molecule has 0 bridgehead atoms. The monoisotopic (exact) mass is 246 g/mol. The van der Waals surface area contributed by atoms with Crippen LogP contribution in [0.1, 0.15) is 36.7 Å². The average Bonchev–Trinajstić information content (AvgIpc) is 2.84. The maximum absolute atomic E-state index is 9.89. The molecule has 1 fully saturated rings. The molecule has 1 aromatic heterocycles. The number of halogens is 1. The number of aliphatic hydroxyl groups excluding tert-OH is 1. The summed E-state index contributed by atoms with van der Waals surface area (Å²) in [6.45, 7) is 0.881. The Morgan fingerprint density at radius 2 is 2.53 bits per heavy atom. The highest BCUT2D eigenvalue weighted by atomic mass is 35.5. The fourth-order valence-electron chi connectivity index (χ4n) is 1.86. The molecule has 1 aliphatic rings. The summed E-state index contributed by atoms with van der Waals surface area (Å²) in [6.07, 6.45) is 3.98. The van der Waals surface area contributed by atoms with Crippen LogP contribution in [-0.4, -0.2) is 17.8 Å². The van der Waals surface area contributed by atoms with Gasteiger partial charge in [-0.15, -0.1) is 11.3 Å². The molecule has 1 aliphatic heterocycles. The highest BCUT2D eigenvalue weighted by Gasteiger charge is 2.18. The minimum absolute atomic E-state index is 0.357. The van der Waals surface area contributed by atoms with Gasteiger partial charge in [0.1, 0.15) is 0 Å². The van der Waals surface area contributed by atoms with Gasteiger partial charge in [-0.3, -0.25) is 0 Å². The third kappa shape index (κ3) is 3.18. The molecule has 2 unspecified atom stereocenters. The van der Waals surface area contributed by atoms with Crippen molar-refractivity contribution in [2.24, 2.45) is 0 Å². The number of rotatable bonds is 4. The molecule has 1 N–H and O–H groups in total. The van der Waals surface area contributed by atoms with Crippen molar-refractivity contribution >= 4 is 22.9 Å². The van der Waals surface area contributed by atoms with Gasteiger partial charge in [0, 0.05) is 16.9 Å². The van der Waals surface area contributed by atoms with Crippen LogP contribution in [-0.2, 0) is 4.74 Å². The zero-order valence-corrected chi connectivity index (χ0v) is 10.1. The van der Waals surface area contributed by atoms with Crippen molar-refractivity contribution < 1.29 is 9.84 Å². The fraction of sp³-hybridized carbons (Fsp3) is 0.636. The van der Waals surface area contributed by atoms with Crippen LogP contribution in [0.5, 0.6) is 0 Å². The van der Waals surface area contributed by atoms with Gasteiger partial charge in [-0.1, -0.05) is 11.6 Å². The summed E-state index contributed by atoms with van der Waals surface area (Å²) in [6, 6.07) is 1.84. The van der Waals surface area contributed by atoms with E-state index >= 15 is 0 Å². The summed E-state index contributed by atoms with van der Waals surface area (Å²) in [5.74, 6) is 0. The first-order chi connectivity index (χ1) is 7.25. The summed E-state index contributed by atoms with van der Waals surface area (Å²) in [4.78, 5) is 0.956. The molecule has 1 saturated heterocycles. The normalized spacial score (nSPS) is 23.2. The summed E-state index contributed by atoms with van der Waals surface area (Å²) in [5.41, 5.74) is 0. The van der Waals surface area contributed by atoms with E-state index < -0.39 is 0 Å².